The molecular formula is C22H21Cl2N3O2. The molecule has 2 aromatic heterocycles. The summed E-state index contributed by atoms with van der Waals surface area (Å²) in [7, 11) is 0. The number of morpholine rings is 1. The first kappa shape index (κ1) is 20.3. The van der Waals surface area contributed by atoms with E-state index < -0.39 is 6.10 Å². The van der Waals surface area contributed by atoms with Gasteiger partial charge >= 0.3 is 0 Å². The summed E-state index contributed by atoms with van der Waals surface area (Å²) in [6, 6.07) is 12.6. The van der Waals surface area contributed by atoms with Crippen molar-refractivity contribution in [1.29, 1.82) is 0 Å². The highest BCUT2D eigenvalue weighted by molar-refractivity contribution is 6.36. The first-order chi connectivity index (χ1) is 14.1. The van der Waals surface area contributed by atoms with E-state index in [0.29, 0.717) is 34.5 Å². The van der Waals surface area contributed by atoms with Crippen LogP contribution in [-0.4, -0.2) is 46.3 Å². The van der Waals surface area contributed by atoms with E-state index in [9.17, 15) is 5.11 Å². The molecular weight excluding hydrogens is 409 g/mol. The van der Waals surface area contributed by atoms with Gasteiger partial charge in [0.25, 0.3) is 0 Å². The molecule has 0 radical (unpaired) electrons. The van der Waals surface area contributed by atoms with Gasteiger partial charge in [0.1, 0.15) is 6.10 Å². The molecule has 2 atom stereocenters. The van der Waals surface area contributed by atoms with Crippen molar-refractivity contribution < 1.29 is 9.84 Å². The zero-order valence-electron chi connectivity index (χ0n) is 15.7. The highest BCUT2D eigenvalue weighted by Crippen LogP contribution is 2.39. The van der Waals surface area contributed by atoms with Gasteiger partial charge in [-0.1, -0.05) is 35.3 Å². The third-order valence-corrected chi connectivity index (χ3v) is 5.66. The molecule has 0 bridgehead atoms. The van der Waals surface area contributed by atoms with E-state index in [-0.39, 0.29) is 6.04 Å². The van der Waals surface area contributed by atoms with E-state index in [1.165, 1.54) is 0 Å². The maximum absolute atomic E-state index is 11.6. The maximum atomic E-state index is 11.6. The average molecular weight is 430 g/mol. The van der Waals surface area contributed by atoms with Gasteiger partial charge in [-0.2, -0.15) is 0 Å². The molecule has 5 nitrogen and oxygen atoms in total. The number of rotatable bonds is 5. The Kier molecular flexibility index (Phi) is 6.43. The van der Waals surface area contributed by atoms with Gasteiger partial charge in [-0.15, -0.1) is 0 Å². The Hall–Kier alpha value is -2.02. The van der Waals surface area contributed by atoms with E-state index in [4.69, 9.17) is 27.9 Å². The minimum atomic E-state index is -0.826. The number of aliphatic hydroxyl groups is 1. The molecule has 3 aromatic rings. The minimum absolute atomic E-state index is 0.276. The second kappa shape index (κ2) is 9.20. The fourth-order valence-corrected chi connectivity index (χ4v) is 4.23. The molecule has 4 rings (SSSR count). The van der Waals surface area contributed by atoms with Gasteiger partial charge in [-0.05, 0) is 35.9 Å². The predicted octanol–water partition coefficient (Wildman–Crippen LogP) is 4.56. The average Bonchev–Trinajstić information content (AvgIpc) is 2.75. The van der Waals surface area contributed by atoms with Crippen molar-refractivity contribution in [2.75, 3.05) is 26.3 Å². The molecule has 1 aromatic carbocycles. The summed E-state index contributed by atoms with van der Waals surface area (Å²) in [6.45, 7) is 2.72. The number of aromatic nitrogens is 2. The van der Waals surface area contributed by atoms with Gasteiger partial charge in [0.15, 0.2) is 0 Å². The molecule has 0 aliphatic carbocycles. The lowest BCUT2D eigenvalue weighted by atomic mass is 9.92. The SMILES string of the molecule is O[C@H](c1cccnc1-c1ccc(Cl)cc1Cl)[C@H](c1cccnc1)N1CCOCC1. The molecule has 3 heterocycles. The fraction of sp³-hybridized carbons (Fsp3) is 0.273. The van der Waals surface area contributed by atoms with Crippen molar-refractivity contribution in [2.45, 2.75) is 12.1 Å². The second-order valence-corrected chi connectivity index (χ2v) is 7.73. The summed E-state index contributed by atoms with van der Waals surface area (Å²) in [6.07, 6.45) is 4.40. The summed E-state index contributed by atoms with van der Waals surface area (Å²) >= 11 is 12.5. The van der Waals surface area contributed by atoms with Gasteiger partial charge in [0, 0.05) is 47.8 Å². The van der Waals surface area contributed by atoms with Crippen molar-refractivity contribution in [3.05, 3.63) is 82.2 Å². The highest BCUT2D eigenvalue weighted by Gasteiger charge is 2.32. The van der Waals surface area contributed by atoms with Crippen molar-refractivity contribution in [1.82, 2.24) is 14.9 Å². The van der Waals surface area contributed by atoms with Crippen LogP contribution in [0.5, 0.6) is 0 Å². The van der Waals surface area contributed by atoms with Crippen molar-refractivity contribution in [3.63, 3.8) is 0 Å². The Labute approximate surface area is 179 Å². The van der Waals surface area contributed by atoms with Gasteiger partial charge in [0.2, 0.25) is 0 Å². The largest absolute Gasteiger partial charge is 0.386 e. The first-order valence-electron chi connectivity index (χ1n) is 9.45. The normalized spacial score (nSPS) is 17.1. The van der Waals surface area contributed by atoms with Crippen LogP contribution in [0.2, 0.25) is 10.0 Å². The summed E-state index contributed by atoms with van der Waals surface area (Å²) in [4.78, 5) is 11.0. The summed E-state index contributed by atoms with van der Waals surface area (Å²) in [5.41, 5.74) is 3.03. The molecule has 0 unspecified atom stereocenters. The third kappa shape index (κ3) is 4.44. The molecule has 29 heavy (non-hydrogen) atoms. The van der Waals surface area contributed by atoms with E-state index in [1.54, 1.807) is 30.7 Å². The molecule has 0 amide bonds. The van der Waals surface area contributed by atoms with Crippen LogP contribution in [0.15, 0.2) is 61.1 Å². The Bertz CT molecular complexity index is 965. The standard InChI is InChI=1S/C22H21Cl2N3O2/c23-16-5-6-17(19(24)13-16)20-18(4-2-8-26-20)22(28)21(15-3-1-7-25-14-15)27-9-11-29-12-10-27/h1-8,13-14,21-22,28H,9-12H2/t21-,22+/m0/s1. The van der Waals surface area contributed by atoms with Crippen molar-refractivity contribution in [2.24, 2.45) is 0 Å². The van der Waals surface area contributed by atoms with E-state index >= 15 is 0 Å². The Morgan fingerprint density at radius 1 is 1.03 bits per heavy atom. The molecule has 1 saturated heterocycles. The number of benzene rings is 1. The van der Waals surface area contributed by atoms with Crippen LogP contribution in [0, 0.1) is 0 Å². The van der Waals surface area contributed by atoms with E-state index in [1.807, 2.05) is 30.3 Å². The van der Waals surface area contributed by atoms with Crippen LogP contribution >= 0.6 is 23.2 Å². The number of halogens is 2. The van der Waals surface area contributed by atoms with Crippen LogP contribution < -0.4 is 0 Å². The maximum Gasteiger partial charge on any atom is 0.101 e. The van der Waals surface area contributed by atoms with Crippen LogP contribution in [0.1, 0.15) is 23.3 Å². The molecule has 1 aliphatic heterocycles. The first-order valence-corrected chi connectivity index (χ1v) is 10.2. The molecule has 1 fully saturated rings. The van der Waals surface area contributed by atoms with Crippen LogP contribution in [0.4, 0.5) is 0 Å². The quantitative estimate of drug-likeness (QED) is 0.643. The molecule has 150 valence electrons. The van der Waals surface area contributed by atoms with Gasteiger partial charge in [-0.3, -0.25) is 14.9 Å². The lowest BCUT2D eigenvalue weighted by molar-refractivity contribution is -0.0238. The van der Waals surface area contributed by atoms with E-state index in [0.717, 1.165) is 24.2 Å². The zero-order valence-corrected chi connectivity index (χ0v) is 17.2. The lowest BCUT2D eigenvalue weighted by Crippen LogP contribution is -2.41. The number of hydrogen-bond donors (Lipinski definition) is 1. The van der Waals surface area contributed by atoms with Gasteiger partial charge in [-0.25, -0.2) is 0 Å². The second-order valence-electron chi connectivity index (χ2n) is 6.89. The van der Waals surface area contributed by atoms with Crippen LogP contribution in [-0.2, 0) is 4.74 Å². The Morgan fingerprint density at radius 2 is 1.83 bits per heavy atom. The van der Waals surface area contributed by atoms with Crippen LogP contribution in [0.25, 0.3) is 11.3 Å². The van der Waals surface area contributed by atoms with Crippen molar-refractivity contribution >= 4 is 23.2 Å². The lowest BCUT2D eigenvalue weighted by Gasteiger charge is -2.37. The summed E-state index contributed by atoms with van der Waals surface area (Å²) < 4.78 is 5.51. The number of nitrogens with zero attached hydrogens (tertiary/aromatic N) is 3. The van der Waals surface area contributed by atoms with Crippen molar-refractivity contribution in [3.8, 4) is 11.3 Å². The Balaban J connectivity index is 1.78. The number of pyridine rings is 2. The predicted molar refractivity (Wildman–Crippen MR) is 114 cm³/mol. The molecule has 1 N–H and O–H groups in total. The zero-order chi connectivity index (χ0) is 20.2. The fourth-order valence-electron chi connectivity index (χ4n) is 3.73. The Morgan fingerprint density at radius 3 is 2.55 bits per heavy atom. The summed E-state index contributed by atoms with van der Waals surface area (Å²) in [5, 5.41) is 12.6. The van der Waals surface area contributed by atoms with Crippen LogP contribution in [0.3, 0.4) is 0 Å². The highest BCUT2D eigenvalue weighted by atomic mass is 35.5. The van der Waals surface area contributed by atoms with E-state index in [2.05, 4.69) is 14.9 Å². The van der Waals surface area contributed by atoms with Gasteiger partial charge < -0.3 is 9.84 Å². The molecule has 0 saturated carbocycles. The number of aliphatic hydroxyl groups excluding tert-OH is 1. The van der Waals surface area contributed by atoms with Gasteiger partial charge in [0.05, 0.1) is 30.0 Å². The summed E-state index contributed by atoms with van der Waals surface area (Å²) in [5.74, 6) is 0. The minimum Gasteiger partial charge on any atom is -0.386 e. The molecule has 0 spiro atoms. The number of ether oxygens (including phenoxy) is 1. The third-order valence-electron chi connectivity index (χ3n) is 5.11. The monoisotopic (exact) mass is 429 g/mol. The number of hydrogen-bond acceptors (Lipinski definition) is 5. The molecule has 7 heteroatoms. The molecule has 1 aliphatic rings. The smallest absolute Gasteiger partial charge is 0.101 e. The topological polar surface area (TPSA) is 58.5 Å².